The summed E-state index contributed by atoms with van der Waals surface area (Å²) >= 11 is 0. The van der Waals surface area contributed by atoms with Crippen molar-refractivity contribution in [3.8, 4) is 11.1 Å². The summed E-state index contributed by atoms with van der Waals surface area (Å²) in [5.41, 5.74) is 3.48. The first kappa shape index (κ1) is 24.3. The molecule has 0 saturated heterocycles. The van der Waals surface area contributed by atoms with Gasteiger partial charge in [-0.25, -0.2) is 4.79 Å². The van der Waals surface area contributed by atoms with Gasteiger partial charge in [-0.2, -0.15) is 0 Å². The molecule has 2 amide bonds. The minimum absolute atomic E-state index is 0.0617. The van der Waals surface area contributed by atoms with Gasteiger partial charge in [0.15, 0.2) is 0 Å². The molecule has 2 aromatic carbocycles. The molecule has 176 valence electrons. The van der Waals surface area contributed by atoms with Crippen molar-refractivity contribution in [3.05, 3.63) is 59.7 Å². The smallest absolute Gasteiger partial charge is 0.407 e. The van der Waals surface area contributed by atoms with E-state index in [1.54, 1.807) is 13.8 Å². The molecule has 0 bridgehead atoms. The fourth-order valence-electron chi connectivity index (χ4n) is 4.53. The average Bonchev–Trinajstić information content (AvgIpc) is 3.09. The Morgan fingerprint density at radius 1 is 0.939 bits per heavy atom. The van der Waals surface area contributed by atoms with Gasteiger partial charge in [-0.3, -0.25) is 9.59 Å². The fraction of sp³-hybridized carbons (Fsp3) is 0.423. The summed E-state index contributed by atoms with van der Waals surface area (Å²) in [6.07, 6.45) is -0.609. The molecule has 3 N–H and O–H groups in total. The minimum atomic E-state index is -1.12. The minimum Gasteiger partial charge on any atom is -0.480 e. The monoisotopic (exact) mass is 452 g/mol. The Balaban J connectivity index is 1.70. The molecule has 0 radical (unpaired) electrons. The second kappa shape index (κ2) is 9.65. The van der Waals surface area contributed by atoms with Crippen molar-refractivity contribution in [2.24, 2.45) is 11.3 Å². The van der Waals surface area contributed by atoms with Crippen molar-refractivity contribution in [2.45, 2.75) is 52.6 Å². The van der Waals surface area contributed by atoms with E-state index in [1.807, 2.05) is 38.1 Å². The molecule has 0 heterocycles. The Hall–Kier alpha value is -3.35. The van der Waals surface area contributed by atoms with Crippen LogP contribution < -0.4 is 10.6 Å². The maximum Gasteiger partial charge on any atom is 0.407 e. The van der Waals surface area contributed by atoms with Gasteiger partial charge < -0.3 is 20.5 Å². The first-order chi connectivity index (χ1) is 15.5. The van der Waals surface area contributed by atoms with Crippen LogP contribution in [0.1, 0.15) is 51.7 Å². The summed E-state index contributed by atoms with van der Waals surface area (Å²) in [6.45, 7) is 8.73. The van der Waals surface area contributed by atoms with Crippen molar-refractivity contribution in [3.63, 3.8) is 0 Å². The van der Waals surface area contributed by atoms with E-state index in [1.165, 1.54) is 6.92 Å². The van der Waals surface area contributed by atoms with Crippen LogP contribution in [0.25, 0.3) is 11.1 Å². The summed E-state index contributed by atoms with van der Waals surface area (Å²) in [5, 5.41) is 14.4. The molecule has 0 fully saturated rings. The molecule has 2 unspecified atom stereocenters. The predicted octanol–water partition coefficient (Wildman–Crippen LogP) is 4.17. The van der Waals surface area contributed by atoms with Gasteiger partial charge in [0, 0.05) is 12.0 Å². The third-order valence-corrected chi connectivity index (χ3v) is 6.36. The number of carboxylic acids is 1. The number of fused-ring (bicyclic) bond motifs is 3. The van der Waals surface area contributed by atoms with Crippen molar-refractivity contribution in [2.75, 3.05) is 6.61 Å². The number of ether oxygens (including phenoxy) is 1. The third kappa shape index (κ3) is 5.02. The lowest BCUT2D eigenvalue weighted by atomic mass is 9.77. The van der Waals surface area contributed by atoms with E-state index >= 15 is 0 Å². The Morgan fingerprint density at radius 2 is 1.45 bits per heavy atom. The van der Waals surface area contributed by atoms with Crippen molar-refractivity contribution in [1.29, 1.82) is 0 Å². The average molecular weight is 453 g/mol. The zero-order valence-electron chi connectivity index (χ0n) is 19.7. The van der Waals surface area contributed by atoms with Gasteiger partial charge in [0.2, 0.25) is 5.91 Å². The number of hydrogen-bond donors (Lipinski definition) is 3. The lowest BCUT2D eigenvalue weighted by Gasteiger charge is -2.36. The zero-order chi connectivity index (χ0) is 24.3. The van der Waals surface area contributed by atoms with E-state index in [0.29, 0.717) is 0 Å². The van der Waals surface area contributed by atoms with Crippen molar-refractivity contribution in [1.82, 2.24) is 10.6 Å². The number of rotatable bonds is 8. The van der Waals surface area contributed by atoms with Gasteiger partial charge >= 0.3 is 12.1 Å². The molecule has 2 atom stereocenters. The van der Waals surface area contributed by atoms with E-state index in [9.17, 15) is 14.4 Å². The number of carbonyl (C=O) groups is 3. The van der Waals surface area contributed by atoms with Gasteiger partial charge in [-0.1, -0.05) is 62.4 Å². The quantitative estimate of drug-likeness (QED) is 0.558. The highest BCUT2D eigenvalue weighted by atomic mass is 16.5. The molecule has 7 nitrogen and oxygen atoms in total. The van der Waals surface area contributed by atoms with Gasteiger partial charge in [0.1, 0.15) is 12.6 Å². The molecule has 0 aliphatic heterocycles. The number of benzene rings is 2. The van der Waals surface area contributed by atoms with Crippen LogP contribution in [0.2, 0.25) is 0 Å². The Labute approximate surface area is 194 Å². The Kier molecular flexibility index (Phi) is 7.10. The largest absolute Gasteiger partial charge is 0.480 e. The highest BCUT2D eigenvalue weighted by molar-refractivity contribution is 5.88. The molecular formula is C26H32N2O5. The van der Waals surface area contributed by atoms with Gasteiger partial charge in [0.25, 0.3) is 0 Å². The van der Waals surface area contributed by atoms with Crippen molar-refractivity contribution >= 4 is 18.0 Å². The van der Waals surface area contributed by atoms with E-state index in [-0.39, 0.29) is 18.4 Å². The van der Waals surface area contributed by atoms with Gasteiger partial charge in [-0.15, -0.1) is 0 Å². The number of aliphatic carboxylic acids is 1. The number of nitrogens with one attached hydrogen (secondary N) is 2. The predicted molar refractivity (Wildman–Crippen MR) is 126 cm³/mol. The summed E-state index contributed by atoms with van der Waals surface area (Å²) in [5.74, 6) is -1.72. The highest BCUT2D eigenvalue weighted by Crippen LogP contribution is 2.44. The number of alkyl carbamates (subject to hydrolysis) is 1. The molecule has 0 aromatic heterocycles. The second-order valence-electron chi connectivity index (χ2n) is 9.45. The van der Waals surface area contributed by atoms with Crippen LogP contribution >= 0.6 is 0 Å². The number of amides is 2. The van der Waals surface area contributed by atoms with Crippen LogP contribution in [-0.4, -0.2) is 41.8 Å². The van der Waals surface area contributed by atoms with E-state index in [0.717, 1.165) is 22.3 Å². The SMILES string of the molecule is CC(NC(=O)C(C)(C)C(NC(=O)OCC1c2ccccc2-c2ccccc21)C(C)C)C(=O)O. The second-order valence-corrected chi connectivity index (χ2v) is 9.45. The van der Waals surface area contributed by atoms with Crippen LogP contribution in [0.3, 0.4) is 0 Å². The first-order valence-electron chi connectivity index (χ1n) is 11.2. The van der Waals surface area contributed by atoms with E-state index < -0.39 is 35.5 Å². The zero-order valence-corrected chi connectivity index (χ0v) is 19.7. The Morgan fingerprint density at radius 3 is 1.94 bits per heavy atom. The van der Waals surface area contributed by atoms with Gasteiger partial charge in [0.05, 0.1) is 5.41 Å². The summed E-state index contributed by atoms with van der Waals surface area (Å²) in [4.78, 5) is 36.7. The van der Waals surface area contributed by atoms with Gasteiger partial charge in [-0.05, 0) is 48.9 Å². The highest BCUT2D eigenvalue weighted by Gasteiger charge is 2.41. The number of carbonyl (C=O) groups excluding carboxylic acids is 2. The van der Waals surface area contributed by atoms with Crippen molar-refractivity contribution < 1.29 is 24.2 Å². The topological polar surface area (TPSA) is 105 Å². The molecule has 7 heteroatoms. The van der Waals surface area contributed by atoms with E-state index in [4.69, 9.17) is 9.84 Å². The van der Waals surface area contributed by atoms with Crippen LogP contribution in [0.4, 0.5) is 4.79 Å². The van der Waals surface area contributed by atoms with Crippen LogP contribution in [0.5, 0.6) is 0 Å². The maximum absolute atomic E-state index is 12.8. The van der Waals surface area contributed by atoms with Crippen LogP contribution in [0, 0.1) is 11.3 Å². The van der Waals surface area contributed by atoms with Crippen LogP contribution in [0.15, 0.2) is 48.5 Å². The normalized spacial score (nSPS) is 14.7. The molecular weight excluding hydrogens is 420 g/mol. The molecule has 33 heavy (non-hydrogen) atoms. The molecule has 3 rings (SSSR count). The number of hydrogen-bond acceptors (Lipinski definition) is 4. The Bertz CT molecular complexity index is 1000. The lowest BCUT2D eigenvalue weighted by Crippen LogP contribution is -2.57. The molecule has 2 aromatic rings. The third-order valence-electron chi connectivity index (χ3n) is 6.36. The molecule has 1 aliphatic rings. The molecule has 1 aliphatic carbocycles. The summed E-state index contributed by atoms with van der Waals surface area (Å²) in [7, 11) is 0. The molecule has 0 spiro atoms. The standard InChI is InChI=1S/C26H32N2O5/c1-15(2)22(26(4,5)24(31)27-16(3)23(29)30)28-25(32)33-14-21-19-12-8-6-10-17(19)18-11-7-9-13-20(18)21/h6-13,15-16,21-22H,14H2,1-5H3,(H,27,31)(H,28,32)(H,29,30). The maximum atomic E-state index is 12.8. The summed E-state index contributed by atoms with van der Waals surface area (Å²) < 4.78 is 5.64. The summed E-state index contributed by atoms with van der Waals surface area (Å²) in [6, 6.07) is 14.6. The fourth-order valence-corrected chi connectivity index (χ4v) is 4.53. The molecule has 0 saturated carbocycles. The van der Waals surface area contributed by atoms with E-state index in [2.05, 4.69) is 34.9 Å². The first-order valence-corrected chi connectivity index (χ1v) is 11.2. The van der Waals surface area contributed by atoms with Crippen LogP contribution in [-0.2, 0) is 14.3 Å². The lowest BCUT2D eigenvalue weighted by molar-refractivity contribution is -0.143. The number of carboxylic acid groups (broad SMARTS) is 1.